The molecule has 4 nitrogen and oxygen atoms in total. The molecule has 1 heterocycles. The van der Waals surface area contributed by atoms with Crippen LogP contribution < -0.4 is 15.9 Å². The smallest absolute Gasteiger partial charge is 0.267 e. The van der Waals surface area contributed by atoms with Crippen LogP contribution in [0.3, 0.4) is 0 Å². The Morgan fingerprint density at radius 3 is 2.77 bits per heavy atom. The highest BCUT2D eigenvalue weighted by Gasteiger charge is 2.25. The molecule has 22 heavy (non-hydrogen) atoms. The van der Waals surface area contributed by atoms with Gasteiger partial charge in [0.15, 0.2) is 0 Å². The summed E-state index contributed by atoms with van der Waals surface area (Å²) in [6.07, 6.45) is 1.00. The third-order valence-electron chi connectivity index (χ3n) is 4.14. The number of anilines is 1. The molecule has 0 radical (unpaired) electrons. The molecule has 0 bridgehead atoms. The van der Waals surface area contributed by atoms with Gasteiger partial charge in [0.2, 0.25) is 0 Å². The first-order chi connectivity index (χ1) is 10.8. The van der Waals surface area contributed by atoms with Crippen molar-refractivity contribution in [1.29, 1.82) is 5.26 Å². The molecule has 0 atom stereocenters. The maximum absolute atomic E-state index is 11.9. The van der Waals surface area contributed by atoms with Crippen LogP contribution in [0.15, 0.2) is 35.3 Å². The normalized spacial score (nSPS) is 14.6. The average molecular weight is 287 g/mol. The van der Waals surface area contributed by atoms with Crippen LogP contribution in [0.5, 0.6) is 0 Å². The monoisotopic (exact) mass is 287 g/mol. The van der Waals surface area contributed by atoms with E-state index in [0.29, 0.717) is 0 Å². The molecular weight excluding hydrogens is 274 g/mol. The summed E-state index contributed by atoms with van der Waals surface area (Å²) in [6.45, 7) is 2.89. The second-order valence-corrected chi connectivity index (χ2v) is 5.43. The number of nitrogens with zero attached hydrogens (tertiary/aromatic N) is 2. The van der Waals surface area contributed by atoms with Gasteiger partial charge in [-0.1, -0.05) is 31.2 Å². The van der Waals surface area contributed by atoms with Gasteiger partial charge in [0.1, 0.15) is 11.6 Å². The van der Waals surface area contributed by atoms with Gasteiger partial charge in [0, 0.05) is 27.8 Å². The van der Waals surface area contributed by atoms with E-state index in [2.05, 4.69) is 17.2 Å². The van der Waals surface area contributed by atoms with Gasteiger partial charge < -0.3 is 5.32 Å². The molecule has 1 aromatic rings. The zero-order valence-corrected chi connectivity index (χ0v) is 12.1. The second kappa shape index (κ2) is 4.54. The molecule has 0 unspecified atom stereocenters. The van der Waals surface area contributed by atoms with Crippen molar-refractivity contribution in [2.45, 2.75) is 13.3 Å². The molecule has 1 aromatic carbocycles. The van der Waals surface area contributed by atoms with Gasteiger partial charge in [-0.15, -0.1) is 0 Å². The standard InChI is InChI=1S/C18H13N3O/c1-2-8-20-14-7-6-11-15-10(14)4-3-5-12(15)17-16(11)13(9-19)18(22)21-17/h3-7H,2,8H2,1H3,(H,21,22). The van der Waals surface area contributed by atoms with E-state index in [1.165, 1.54) is 0 Å². The summed E-state index contributed by atoms with van der Waals surface area (Å²) in [6, 6.07) is 12.0. The highest BCUT2D eigenvalue weighted by atomic mass is 16.1. The Morgan fingerprint density at radius 1 is 1.18 bits per heavy atom. The topological polar surface area (TPSA) is 65.2 Å². The molecule has 1 amide bonds. The third kappa shape index (κ3) is 1.51. The summed E-state index contributed by atoms with van der Waals surface area (Å²) < 4.78 is 0. The Morgan fingerprint density at radius 2 is 2.00 bits per heavy atom. The van der Waals surface area contributed by atoms with Gasteiger partial charge in [-0.05, 0) is 17.7 Å². The van der Waals surface area contributed by atoms with E-state index in [1.54, 1.807) is 0 Å². The Labute approximate surface area is 126 Å². The maximum atomic E-state index is 11.9. The van der Waals surface area contributed by atoms with Gasteiger partial charge in [-0.3, -0.25) is 9.79 Å². The fourth-order valence-electron chi connectivity index (χ4n) is 3.23. The van der Waals surface area contributed by atoms with E-state index in [4.69, 9.17) is 0 Å². The summed E-state index contributed by atoms with van der Waals surface area (Å²) >= 11 is 0. The molecule has 1 N–H and O–H groups in total. The molecule has 2 aliphatic carbocycles. The number of amides is 1. The van der Waals surface area contributed by atoms with Gasteiger partial charge in [-0.2, -0.15) is 5.26 Å². The fraction of sp³-hybridized carbons (Fsp3) is 0.167. The molecule has 4 rings (SSSR count). The SMILES string of the molecule is CCCN=c1ccc2c3c(c4cccc1c4=2)NC(=O)C=3C#N. The number of nitriles is 1. The van der Waals surface area contributed by atoms with Crippen LogP contribution >= 0.6 is 0 Å². The Hall–Kier alpha value is -2.93. The lowest BCUT2D eigenvalue weighted by Gasteiger charge is -2.00. The van der Waals surface area contributed by atoms with Gasteiger partial charge in [0.25, 0.3) is 5.91 Å². The molecule has 4 heteroatoms. The minimum atomic E-state index is -0.310. The number of carbonyl (C=O) groups excluding carboxylic acids is 1. The van der Waals surface area contributed by atoms with Crippen molar-refractivity contribution in [3.05, 3.63) is 51.3 Å². The van der Waals surface area contributed by atoms with E-state index in [9.17, 15) is 10.1 Å². The van der Waals surface area contributed by atoms with Crippen LogP contribution in [-0.4, -0.2) is 12.5 Å². The number of hydrogen-bond acceptors (Lipinski definition) is 3. The van der Waals surface area contributed by atoms with Crippen LogP contribution in [0.4, 0.5) is 5.69 Å². The molecule has 0 saturated carbocycles. The van der Waals surface area contributed by atoms with Crippen LogP contribution in [0.1, 0.15) is 13.3 Å². The second-order valence-electron chi connectivity index (χ2n) is 5.43. The number of fused-ring (bicyclic) bond motifs is 3. The van der Waals surface area contributed by atoms with Crippen molar-refractivity contribution < 1.29 is 4.79 Å². The minimum absolute atomic E-state index is 0.200. The molecule has 1 aliphatic heterocycles. The van der Waals surface area contributed by atoms with Crippen LogP contribution in [0.25, 0.3) is 16.3 Å². The third-order valence-corrected chi connectivity index (χ3v) is 4.14. The zero-order valence-electron chi connectivity index (χ0n) is 12.1. The number of rotatable bonds is 2. The van der Waals surface area contributed by atoms with Crippen molar-refractivity contribution in [2.24, 2.45) is 4.99 Å². The van der Waals surface area contributed by atoms with Gasteiger partial charge in [-0.25, -0.2) is 0 Å². The molecule has 106 valence electrons. The van der Waals surface area contributed by atoms with E-state index in [-0.39, 0.29) is 11.5 Å². The van der Waals surface area contributed by atoms with Crippen LogP contribution in [-0.2, 0) is 4.79 Å². The van der Waals surface area contributed by atoms with E-state index in [1.807, 2.05) is 36.4 Å². The highest BCUT2D eigenvalue weighted by molar-refractivity contribution is 6.30. The first-order valence-electron chi connectivity index (χ1n) is 7.33. The number of carbonyl (C=O) groups is 1. The summed E-state index contributed by atoms with van der Waals surface area (Å²) in [7, 11) is 0. The van der Waals surface area contributed by atoms with Gasteiger partial charge in [0.05, 0.1) is 11.0 Å². The first-order valence-corrected chi connectivity index (χ1v) is 7.33. The lowest BCUT2D eigenvalue weighted by molar-refractivity contribution is -0.110. The molecule has 0 saturated heterocycles. The fourth-order valence-corrected chi connectivity index (χ4v) is 3.23. The molecule has 3 aliphatic rings. The predicted molar refractivity (Wildman–Crippen MR) is 84.0 cm³/mol. The van der Waals surface area contributed by atoms with Crippen LogP contribution in [0.2, 0.25) is 0 Å². The van der Waals surface area contributed by atoms with Crippen molar-refractivity contribution in [2.75, 3.05) is 11.9 Å². The van der Waals surface area contributed by atoms with Crippen molar-refractivity contribution in [1.82, 2.24) is 0 Å². The summed E-state index contributed by atoms with van der Waals surface area (Å²) in [5.41, 5.74) is 0.959. The first kappa shape index (κ1) is 12.8. The average Bonchev–Trinajstić information content (AvgIpc) is 3.02. The van der Waals surface area contributed by atoms with Crippen molar-refractivity contribution in [3.63, 3.8) is 0 Å². The number of benzene rings is 1. The number of nitrogens with one attached hydrogen (secondary N) is 1. The van der Waals surface area contributed by atoms with Crippen molar-refractivity contribution >= 4 is 27.9 Å². The lowest BCUT2D eigenvalue weighted by atomic mass is 10.1. The summed E-state index contributed by atoms with van der Waals surface area (Å²) in [5, 5.41) is 17.9. The molecule has 0 fully saturated rings. The Bertz CT molecular complexity index is 1140. The van der Waals surface area contributed by atoms with Crippen LogP contribution in [0, 0.1) is 21.8 Å². The van der Waals surface area contributed by atoms with E-state index >= 15 is 0 Å². The molecular formula is C18H13N3O. The maximum Gasteiger partial charge on any atom is 0.267 e. The Balaban J connectivity index is 2.30. The minimum Gasteiger partial charge on any atom is -0.320 e. The quantitative estimate of drug-likeness (QED) is 0.779. The number of hydrogen-bond donors (Lipinski definition) is 1. The lowest BCUT2D eigenvalue weighted by Crippen LogP contribution is -2.09. The Kier molecular flexibility index (Phi) is 2.64. The van der Waals surface area contributed by atoms with Gasteiger partial charge >= 0.3 is 0 Å². The van der Waals surface area contributed by atoms with Crippen molar-refractivity contribution in [3.8, 4) is 6.07 Å². The molecule has 0 aromatic heterocycles. The largest absolute Gasteiger partial charge is 0.320 e. The summed E-state index contributed by atoms with van der Waals surface area (Å²) in [4.78, 5) is 16.6. The predicted octanol–water partition coefficient (Wildman–Crippen LogP) is 1.66. The zero-order chi connectivity index (χ0) is 15.3. The van der Waals surface area contributed by atoms with E-state index < -0.39 is 0 Å². The van der Waals surface area contributed by atoms with E-state index in [0.717, 1.165) is 50.4 Å². The highest BCUT2D eigenvalue weighted by Crippen LogP contribution is 2.25. The summed E-state index contributed by atoms with van der Waals surface area (Å²) in [5.74, 6) is -0.310. The molecule has 0 spiro atoms.